The first-order valence-corrected chi connectivity index (χ1v) is 5.10. The highest BCUT2D eigenvalue weighted by Gasteiger charge is 2.42. The van der Waals surface area contributed by atoms with Crippen molar-refractivity contribution in [1.82, 2.24) is 5.32 Å². The zero-order valence-corrected chi connectivity index (χ0v) is 7.94. The van der Waals surface area contributed by atoms with Crippen LogP contribution < -0.4 is 5.32 Å². The Labute approximate surface area is 74.7 Å². The molecule has 0 bridgehead atoms. The van der Waals surface area contributed by atoms with E-state index in [1.165, 1.54) is 45.2 Å². The molecule has 1 aliphatic heterocycles. The molecule has 70 valence electrons. The van der Waals surface area contributed by atoms with Crippen molar-refractivity contribution in [3.05, 3.63) is 0 Å². The van der Waals surface area contributed by atoms with Crippen molar-refractivity contribution in [2.75, 3.05) is 20.2 Å². The van der Waals surface area contributed by atoms with Gasteiger partial charge in [0.15, 0.2) is 0 Å². The van der Waals surface area contributed by atoms with Crippen molar-refractivity contribution in [2.45, 2.75) is 37.7 Å². The molecular weight excluding hydrogens is 150 g/mol. The summed E-state index contributed by atoms with van der Waals surface area (Å²) in [4.78, 5) is 0. The summed E-state index contributed by atoms with van der Waals surface area (Å²) in [5, 5.41) is 3.41. The van der Waals surface area contributed by atoms with E-state index in [1.807, 2.05) is 7.11 Å². The lowest BCUT2D eigenvalue weighted by Gasteiger charge is -2.15. The molecule has 1 saturated carbocycles. The fraction of sp³-hybridized carbons (Fsp3) is 1.00. The molecule has 1 atom stereocenters. The van der Waals surface area contributed by atoms with Gasteiger partial charge in [0.05, 0.1) is 5.60 Å². The van der Waals surface area contributed by atoms with Crippen LogP contribution in [0.4, 0.5) is 0 Å². The molecule has 0 radical (unpaired) electrons. The van der Waals surface area contributed by atoms with Crippen LogP contribution in [0.5, 0.6) is 0 Å². The minimum absolute atomic E-state index is 0.322. The quantitative estimate of drug-likeness (QED) is 0.689. The standard InChI is InChI=1S/C10H19NO/c1-12-10(5-6-10)4-2-9-3-7-11-8-9/h9,11H,2-8H2,1H3. The molecule has 1 N–H and O–H groups in total. The summed E-state index contributed by atoms with van der Waals surface area (Å²) in [5.74, 6) is 0.928. The number of hydrogen-bond donors (Lipinski definition) is 1. The molecule has 2 nitrogen and oxygen atoms in total. The van der Waals surface area contributed by atoms with Crippen LogP contribution in [0.15, 0.2) is 0 Å². The van der Waals surface area contributed by atoms with Gasteiger partial charge in [-0.1, -0.05) is 0 Å². The van der Waals surface area contributed by atoms with Gasteiger partial charge in [0.1, 0.15) is 0 Å². The van der Waals surface area contributed by atoms with E-state index in [-0.39, 0.29) is 0 Å². The van der Waals surface area contributed by atoms with E-state index in [2.05, 4.69) is 5.32 Å². The first-order valence-electron chi connectivity index (χ1n) is 5.10. The summed E-state index contributed by atoms with van der Waals surface area (Å²) in [6.45, 7) is 2.46. The van der Waals surface area contributed by atoms with Crippen molar-refractivity contribution in [1.29, 1.82) is 0 Å². The van der Waals surface area contributed by atoms with E-state index >= 15 is 0 Å². The van der Waals surface area contributed by atoms with Gasteiger partial charge >= 0.3 is 0 Å². The maximum absolute atomic E-state index is 5.49. The predicted octanol–water partition coefficient (Wildman–Crippen LogP) is 1.56. The number of hydrogen-bond acceptors (Lipinski definition) is 2. The molecule has 0 spiro atoms. The molecular formula is C10H19NO. The first-order chi connectivity index (χ1) is 5.85. The second-order valence-corrected chi connectivity index (χ2v) is 4.28. The highest BCUT2D eigenvalue weighted by atomic mass is 16.5. The summed E-state index contributed by atoms with van der Waals surface area (Å²) in [7, 11) is 1.86. The molecule has 2 aliphatic rings. The zero-order chi connectivity index (χ0) is 8.44. The SMILES string of the molecule is COC1(CCC2CCNC2)CC1. The Bertz CT molecular complexity index is 148. The molecule has 0 amide bonds. The first kappa shape index (κ1) is 8.52. The van der Waals surface area contributed by atoms with Gasteiger partial charge in [-0.2, -0.15) is 0 Å². The second kappa shape index (κ2) is 3.35. The summed E-state index contributed by atoms with van der Waals surface area (Å²) in [6, 6.07) is 0. The minimum atomic E-state index is 0.322. The number of methoxy groups -OCH3 is 1. The summed E-state index contributed by atoms with van der Waals surface area (Å²) in [6.07, 6.45) is 6.61. The summed E-state index contributed by atoms with van der Waals surface area (Å²) in [5.41, 5.74) is 0.322. The molecule has 1 saturated heterocycles. The minimum Gasteiger partial charge on any atom is -0.378 e. The lowest BCUT2D eigenvalue weighted by molar-refractivity contribution is 0.0674. The van der Waals surface area contributed by atoms with E-state index in [1.54, 1.807) is 0 Å². The molecule has 2 rings (SSSR count). The maximum atomic E-state index is 5.49. The highest BCUT2D eigenvalue weighted by molar-refractivity contribution is 4.95. The topological polar surface area (TPSA) is 21.3 Å². The van der Waals surface area contributed by atoms with Crippen molar-refractivity contribution in [3.8, 4) is 0 Å². The Morgan fingerprint density at radius 1 is 1.50 bits per heavy atom. The Kier molecular flexibility index (Phi) is 2.37. The van der Waals surface area contributed by atoms with E-state index in [0.29, 0.717) is 5.60 Å². The summed E-state index contributed by atoms with van der Waals surface area (Å²) < 4.78 is 5.49. The van der Waals surface area contributed by atoms with Crippen LogP contribution in [0.25, 0.3) is 0 Å². The van der Waals surface area contributed by atoms with Gasteiger partial charge in [-0.05, 0) is 51.1 Å². The monoisotopic (exact) mass is 169 g/mol. The molecule has 0 aromatic carbocycles. The van der Waals surface area contributed by atoms with Gasteiger partial charge in [-0.15, -0.1) is 0 Å². The van der Waals surface area contributed by atoms with E-state index < -0.39 is 0 Å². The van der Waals surface area contributed by atoms with Crippen LogP contribution in [0.1, 0.15) is 32.1 Å². The molecule has 1 heterocycles. The number of ether oxygens (including phenoxy) is 1. The van der Waals surface area contributed by atoms with Crippen LogP contribution in [-0.4, -0.2) is 25.8 Å². The van der Waals surface area contributed by atoms with Crippen LogP contribution in [0, 0.1) is 5.92 Å². The summed E-state index contributed by atoms with van der Waals surface area (Å²) >= 11 is 0. The van der Waals surface area contributed by atoms with Crippen LogP contribution >= 0.6 is 0 Å². The predicted molar refractivity (Wildman–Crippen MR) is 49.2 cm³/mol. The molecule has 1 unspecified atom stereocenters. The Morgan fingerprint density at radius 3 is 2.83 bits per heavy atom. The fourth-order valence-corrected chi connectivity index (χ4v) is 2.12. The lowest BCUT2D eigenvalue weighted by Crippen LogP contribution is -2.15. The van der Waals surface area contributed by atoms with Crippen molar-refractivity contribution >= 4 is 0 Å². The Hall–Kier alpha value is -0.0800. The van der Waals surface area contributed by atoms with Gasteiger partial charge < -0.3 is 10.1 Å². The Balaban J connectivity index is 1.67. The van der Waals surface area contributed by atoms with Gasteiger partial charge in [0, 0.05) is 7.11 Å². The van der Waals surface area contributed by atoms with E-state index in [4.69, 9.17) is 4.74 Å². The second-order valence-electron chi connectivity index (χ2n) is 4.28. The Morgan fingerprint density at radius 2 is 2.33 bits per heavy atom. The van der Waals surface area contributed by atoms with Crippen molar-refractivity contribution < 1.29 is 4.74 Å². The average molecular weight is 169 g/mol. The van der Waals surface area contributed by atoms with Gasteiger partial charge in [-0.25, -0.2) is 0 Å². The molecule has 2 heteroatoms. The third-order valence-electron chi connectivity index (χ3n) is 3.41. The van der Waals surface area contributed by atoms with E-state index in [0.717, 1.165) is 5.92 Å². The van der Waals surface area contributed by atoms with Gasteiger partial charge in [-0.3, -0.25) is 0 Å². The fourth-order valence-electron chi connectivity index (χ4n) is 2.12. The van der Waals surface area contributed by atoms with Crippen molar-refractivity contribution in [2.24, 2.45) is 5.92 Å². The number of rotatable bonds is 4. The van der Waals surface area contributed by atoms with Crippen LogP contribution in [0.2, 0.25) is 0 Å². The van der Waals surface area contributed by atoms with E-state index in [9.17, 15) is 0 Å². The maximum Gasteiger partial charge on any atom is 0.0681 e. The average Bonchev–Trinajstić information content (AvgIpc) is 2.70. The third kappa shape index (κ3) is 1.80. The molecule has 2 fully saturated rings. The molecule has 12 heavy (non-hydrogen) atoms. The van der Waals surface area contributed by atoms with Crippen LogP contribution in [0.3, 0.4) is 0 Å². The zero-order valence-electron chi connectivity index (χ0n) is 7.94. The largest absolute Gasteiger partial charge is 0.378 e. The van der Waals surface area contributed by atoms with Crippen molar-refractivity contribution in [3.63, 3.8) is 0 Å². The number of nitrogens with one attached hydrogen (secondary N) is 1. The smallest absolute Gasteiger partial charge is 0.0681 e. The normalized spacial score (nSPS) is 32.2. The molecule has 0 aromatic heterocycles. The van der Waals surface area contributed by atoms with Gasteiger partial charge in [0.2, 0.25) is 0 Å². The highest BCUT2D eigenvalue weighted by Crippen LogP contribution is 2.43. The van der Waals surface area contributed by atoms with Gasteiger partial charge in [0.25, 0.3) is 0 Å². The molecule has 1 aliphatic carbocycles. The lowest BCUT2D eigenvalue weighted by atomic mass is 9.99. The third-order valence-corrected chi connectivity index (χ3v) is 3.41. The van der Waals surface area contributed by atoms with Crippen LogP contribution in [-0.2, 0) is 4.74 Å². The molecule has 0 aromatic rings.